The van der Waals surface area contributed by atoms with Crippen LogP contribution in [0.1, 0.15) is 25.0 Å². The minimum Gasteiger partial charge on any atom is -0.338 e. The lowest BCUT2D eigenvalue weighted by Crippen LogP contribution is -2.48. The zero-order valence-electron chi connectivity index (χ0n) is 12.5. The van der Waals surface area contributed by atoms with Crippen molar-refractivity contribution in [3.05, 3.63) is 35.4 Å². The quantitative estimate of drug-likeness (QED) is 0.853. The number of urea groups is 1. The summed E-state index contributed by atoms with van der Waals surface area (Å²) in [6.07, 6.45) is 0. The van der Waals surface area contributed by atoms with Crippen LogP contribution in [0.5, 0.6) is 0 Å². The smallest absolute Gasteiger partial charge is 0.321 e. The third kappa shape index (κ3) is 5.24. The zero-order valence-corrected chi connectivity index (χ0v) is 12.5. The Hall–Kier alpha value is -2.39. The summed E-state index contributed by atoms with van der Waals surface area (Å²) >= 11 is 0. The lowest BCUT2D eigenvalue weighted by molar-refractivity contribution is -0.124. The molecule has 0 aromatic heterocycles. The molecule has 1 aromatic carbocycles. The number of likely N-dealkylation sites (N-methyl/N-ethyl adjacent to an activating group) is 1. The van der Waals surface area contributed by atoms with Crippen LogP contribution in [0.4, 0.5) is 4.79 Å². The topological polar surface area (TPSA) is 85.2 Å². The van der Waals surface area contributed by atoms with E-state index in [1.165, 1.54) is 0 Å². The van der Waals surface area contributed by atoms with Crippen LogP contribution in [-0.2, 0) is 11.3 Å². The van der Waals surface area contributed by atoms with Gasteiger partial charge >= 0.3 is 6.03 Å². The molecule has 1 rings (SSSR count). The van der Waals surface area contributed by atoms with Crippen molar-refractivity contribution in [3.63, 3.8) is 0 Å². The van der Waals surface area contributed by atoms with Crippen LogP contribution in [0.3, 0.4) is 0 Å². The van der Waals surface area contributed by atoms with Gasteiger partial charge in [0.25, 0.3) is 0 Å². The highest BCUT2D eigenvalue weighted by Gasteiger charge is 2.19. The molecule has 1 atom stereocenters. The van der Waals surface area contributed by atoms with E-state index in [2.05, 4.69) is 16.7 Å². The van der Waals surface area contributed by atoms with Crippen molar-refractivity contribution < 1.29 is 9.59 Å². The van der Waals surface area contributed by atoms with Gasteiger partial charge in [0.2, 0.25) is 5.91 Å². The molecule has 1 aromatic rings. The highest BCUT2D eigenvalue weighted by atomic mass is 16.2. The maximum Gasteiger partial charge on any atom is 0.321 e. The second kappa shape index (κ2) is 8.02. The predicted octanol–water partition coefficient (Wildman–Crippen LogP) is 1.22. The third-order valence-corrected chi connectivity index (χ3v) is 3.10. The summed E-state index contributed by atoms with van der Waals surface area (Å²) in [7, 11) is 1.79. The highest BCUT2D eigenvalue weighted by Crippen LogP contribution is 2.09. The SMILES string of the molecule is CCNC(=O)NC(=O)[C@H](C)N(C)Cc1cccc(C#N)c1. The first-order chi connectivity index (χ1) is 9.97. The van der Waals surface area contributed by atoms with Crippen LogP contribution in [0.2, 0.25) is 0 Å². The molecule has 21 heavy (non-hydrogen) atoms. The molecule has 0 spiro atoms. The monoisotopic (exact) mass is 288 g/mol. The van der Waals surface area contributed by atoms with Crippen molar-refractivity contribution in [3.8, 4) is 6.07 Å². The average Bonchev–Trinajstić information content (AvgIpc) is 2.46. The van der Waals surface area contributed by atoms with Crippen molar-refractivity contribution in [2.24, 2.45) is 0 Å². The van der Waals surface area contributed by atoms with E-state index >= 15 is 0 Å². The Bertz CT molecular complexity index is 551. The minimum atomic E-state index is -0.491. The molecule has 0 unspecified atom stereocenters. The van der Waals surface area contributed by atoms with Crippen molar-refractivity contribution in [1.29, 1.82) is 5.26 Å². The maximum absolute atomic E-state index is 11.9. The molecular formula is C15H20N4O2. The minimum absolute atomic E-state index is 0.361. The number of nitrogens with zero attached hydrogens (tertiary/aromatic N) is 2. The second-order valence-electron chi connectivity index (χ2n) is 4.75. The average molecular weight is 288 g/mol. The number of benzene rings is 1. The van der Waals surface area contributed by atoms with Gasteiger partial charge in [-0.15, -0.1) is 0 Å². The van der Waals surface area contributed by atoms with Crippen molar-refractivity contribution in [2.45, 2.75) is 26.4 Å². The number of amides is 3. The van der Waals surface area contributed by atoms with Gasteiger partial charge < -0.3 is 5.32 Å². The van der Waals surface area contributed by atoms with Gasteiger partial charge in [0.1, 0.15) is 0 Å². The lowest BCUT2D eigenvalue weighted by atomic mass is 10.1. The number of hydrogen-bond acceptors (Lipinski definition) is 4. The molecule has 0 aliphatic rings. The predicted molar refractivity (Wildman–Crippen MR) is 79.3 cm³/mol. The maximum atomic E-state index is 11.9. The van der Waals surface area contributed by atoms with Gasteiger partial charge in [0.15, 0.2) is 0 Å². The molecule has 0 aliphatic carbocycles. The Kier molecular flexibility index (Phi) is 6.37. The third-order valence-electron chi connectivity index (χ3n) is 3.10. The van der Waals surface area contributed by atoms with Crippen LogP contribution in [-0.4, -0.2) is 36.5 Å². The summed E-state index contributed by atoms with van der Waals surface area (Å²) in [5.41, 5.74) is 1.52. The number of carbonyl (C=O) groups excluding carboxylic acids is 2. The number of rotatable bonds is 5. The van der Waals surface area contributed by atoms with Crippen molar-refractivity contribution in [2.75, 3.05) is 13.6 Å². The Morgan fingerprint density at radius 3 is 2.76 bits per heavy atom. The highest BCUT2D eigenvalue weighted by molar-refractivity contribution is 5.96. The van der Waals surface area contributed by atoms with E-state index in [4.69, 9.17) is 5.26 Å². The molecular weight excluding hydrogens is 268 g/mol. The van der Waals surface area contributed by atoms with E-state index in [1.807, 2.05) is 11.0 Å². The molecule has 0 saturated carbocycles. The Morgan fingerprint density at radius 1 is 1.43 bits per heavy atom. The van der Waals surface area contributed by atoms with Crippen molar-refractivity contribution >= 4 is 11.9 Å². The summed E-state index contributed by atoms with van der Waals surface area (Å²) in [6.45, 7) is 4.48. The zero-order chi connectivity index (χ0) is 15.8. The second-order valence-corrected chi connectivity index (χ2v) is 4.75. The molecule has 112 valence electrons. The summed E-state index contributed by atoms with van der Waals surface area (Å²) in [5, 5.41) is 13.7. The summed E-state index contributed by atoms with van der Waals surface area (Å²) < 4.78 is 0. The first-order valence-corrected chi connectivity index (χ1v) is 6.76. The van der Waals surface area contributed by atoms with E-state index < -0.39 is 12.1 Å². The van der Waals surface area contributed by atoms with Crippen LogP contribution in [0.25, 0.3) is 0 Å². The first-order valence-electron chi connectivity index (χ1n) is 6.76. The molecule has 0 radical (unpaired) electrons. The van der Waals surface area contributed by atoms with E-state index in [-0.39, 0.29) is 5.91 Å². The van der Waals surface area contributed by atoms with Gasteiger partial charge in [0, 0.05) is 13.1 Å². The number of hydrogen-bond donors (Lipinski definition) is 2. The number of nitriles is 1. The number of imide groups is 1. The van der Waals surface area contributed by atoms with Crippen LogP contribution >= 0.6 is 0 Å². The molecule has 2 N–H and O–H groups in total. The normalized spacial score (nSPS) is 11.6. The van der Waals surface area contributed by atoms with E-state index in [9.17, 15) is 9.59 Å². The number of nitrogens with one attached hydrogen (secondary N) is 2. The van der Waals surface area contributed by atoms with Gasteiger partial charge in [-0.2, -0.15) is 5.26 Å². The molecule has 3 amide bonds. The molecule has 0 bridgehead atoms. The standard InChI is InChI=1S/C15H20N4O2/c1-4-17-15(21)18-14(20)11(2)19(3)10-13-7-5-6-12(8-13)9-16/h5-8,11H,4,10H2,1-3H3,(H2,17,18,20,21)/t11-/m0/s1. The summed E-state index contributed by atoms with van der Waals surface area (Å²) in [4.78, 5) is 25.1. The first kappa shape index (κ1) is 16.7. The van der Waals surface area contributed by atoms with E-state index in [0.29, 0.717) is 18.7 Å². The van der Waals surface area contributed by atoms with Crippen LogP contribution < -0.4 is 10.6 Å². The van der Waals surface area contributed by atoms with Crippen LogP contribution in [0.15, 0.2) is 24.3 Å². The Balaban J connectivity index is 2.61. The van der Waals surface area contributed by atoms with Gasteiger partial charge in [-0.3, -0.25) is 15.0 Å². The largest absolute Gasteiger partial charge is 0.338 e. The Morgan fingerprint density at radius 2 is 2.14 bits per heavy atom. The van der Waals surface area contributed by atoms with Gasteiger partial charge in [-0.25, -0.2) is 4.79 Å². The fourth-order valence-electron chi connectivity index (χ4n) is 1.79. The van der Waals surface area contributed by atoms with Gasteiger partial charge in [-0.05, 0) is 38.6 Å². The van der Waals surface area contributed by atoms with Gasteiger partial charge in [0.05, 0.1) is 17.7 Å². The summed E-state index contributed by atoms with van der Waals surface area (Å²) in [6, 6.07) is 8.35. The molecule has 0 fully saturated rings. The molecule has 0 aliphatic heterocycles. The lowest BCUT2D eigenvalue weighted by Gasteiger charge is -2.23. The van der Waals surface area contributed by atoms with Crippen molar-refractivity contribution in [1.82, 2.24) is 15.5 Å². The summed E-state index contributed by atoms with van der Waals surface area (Å²) in [5.74, 6) is -0.361. The Labute approximate surface area is 124 Å². The fraction of sp³-hybridized carbons (Fsp3) is 0.400. The van der Waals surface area contributed by atoms with Crippen LogP contribution in [0, 0.1) is 11.3 Å². The molecule has 0 saturated heterocycles. The molecule has 0 heterocycles. The fourth-order valence-corrected chi connectivity index (χ4v) is 1.79. The molecule has 6 nitrogen and oxygen atoms in total. The number of carbonyl (C=O) groups is 2. The van der Waals surface area contributed by atoms with Gasteiger partial charge in [-0.1, -0.05) is 12.1 Å². The van der Waals surface area contributed by atoms with E-state index in [1.54, 1.807) is 39.1 Å². The molecule has 6 heteroatoms. The van der Waals surface area contributed by atoms with E-state index in [0.717, 1.165) is 5.56 Å².